The molecule has 116 valence electrons. The molecule has 1 saturated heterocycles. The highest BCUT2D eigenvalue weighted by atomic mass is 16.5. The first-order chi connectivity index (χ1) is 10.2. The summed E-state index contributed by atoms with van der Waals surface area (Å²) in [6, 6.07) is 6.15. The number of carbonyl (C=O) groups is 1. The lowest BCUT2D eigenvalue weighted by molar-refractivity contribution is -0.147. The second kappa shape index (κ2) is 7.43. The third-order valence-corrected chi connectivity index (χ3v) is 4.09. The number of ether oxygens (including phenoxy) is 2. The van der Waals surface area contributed by atoms with E-state index in [2.05, 4.69) is 17.0 Å². The molecule has 0 spiro atoms. The zero-order valence-electron chi connectivity index (χ0n) is 12.8. The van der Waals surface area contributed by atoms with Gasteiger partial charge in [-0.05, 0) is 43.6 Å². The molecule has 0 unspecified atom stereocenters. The van der Waals surface area contributed by atoms with Gasteiger partial charge < -0.3 is 15.2 Å². The molecule has 1 aliphatic heterocycles. The summed E-state index contributed by atoms with van der Waals surface area (Å²) in [7, 11) is 3.12. The molecule has 0 saturated carbocycles. The lowest BCUT2D eigenvalue weighted by Gasteiger charge is -2.30. The molecule has 1 aromatic rings. The highest BCUT2D eigenvalue weighted by molar-refractivity contribution is 5.72. The summed E-state index contributed by atoms with van der Waals surface area (Å²) >= 11 is 0. The Morgan fingerprint density at radius 3 is 2.62 bits per heavy atom. The number of likely N-dealkylation sites (tertiary alicyclic amines) is 1. The van der Waals surface area contributed by atoms with Crippen LogP contribution < -0.4 is 10.5 Å². The summed E-state index contributed by atoms with van der Waals surface area (Å²) in [4.78, 5) is 13.9. The van der Waals surface area contributed by atoms with Gasteiger partial charge in [0.2, 0.25) is 0 Å². The monoisotopic (exact) mass is 292 g/mol. The molecule has 5 nitrogen and oxygen atoms in total. The topological polar surface area (TPSA) is 64.8 Å². The molecule has 0 aromatic heterocycles. The number of benzene rings is 1. The fourth-order valence-electron chi connectivity index (χ4n) is 2.84. The number of carbonyl (C=O) groups excluding carboxylic acids is 1. The zero-order chi connectivity index (χ0) is 15.2. The van der Waals surface area contributed by atoms with Crippen LogP contribution in [0.25, 0.3) is 0 Å². The van der Waals surface area contributed by atoms with Crippen molar-refractivity contribution in [1.29, 1.82) is 0 Å². The number of esters is 1. The molecule has 21 heavy (non-hydrogen) atoms. The van der Waals surface area contributed by atoms with Crippen LogP contribution in [0.15, 0.2) is 18.2 Å². The van der Waals surface area contributed by atoms with E-state index in [0.29, 0.717) is 6.54 Å². The van der Waals surface area contributed by atoms with Crippen molar-refractivity contribution in [2.45, 2.75) is 25.9 Å². The highest BCUT2D eigenvalue weighted by Crippen LogP contribution is 2.23. The molecule has 2 N–H and O–H groups in total. The standard InChI is InChI=1S/C16H24N2O3/c1-20-15-4-3-12(9-14(15)10-17)11-18-7-5-13(6-8-18)16(19)21-2/h3-4,9,13H,5-8,10-11,17H2,1-2H3. The second-order valence-electron chi connectivity index (χ2n) is 5.42. The summed E-state index contributed by atoms with van der Waals surface area (Å²) < 4.78 is 10.1. The van der Waals surface area contributed by atoms with Crippen LogP contribution in [-0.4, -0.2) is 38.2 Å². The number of nitrogens with zero attached hydrogens (tertiary/aromatic N) is 1. The molecule has 5 heteroatoms. The first kappa shape index (κ1) is 15.8. The first-order valence-electron chi connectivity index (χ1n) is 7.34. The molecule has 1 fully saturated rings. The lowest BCUT2D eigenvalue weighted by atomic mass is 9.96. The van der Waals surface area contributed by atoms with Gasteiger partial charge in [0.05, 0.1) is 20.1 Å². The minimum absolute atomic E-state index is 0.0571. The van der Waals surface area contributed by atoms with Crippen molar-refractivity contribution < 1.29 is 14.3 Å². The maximum Gasteiger partial charge on any atom is 0.308 e. The fourth-order valence-corrected chi connectivity index (χ4v) is 2.84. The summed E-state index contributed by atoms with van der Waals surface area (Å²) in [6.45, 7) is 3.19. The Hall–Kier alpha value is -1.59. The van der Waals surface area contributed by atoms with Gasteiger partial charge in [-0.15, -0.1) is 0 Å². The molecule has 0 atom stereocenters. The number of rotatable bonds is 5. The maximum atomic E-state index is 11.5. The molecule has 1 aromatic carbocycles. The molecule has 2 rings (SSSR count). The first-order valence-corrected chi connectivity index (χ1v) is 7.34. The van der Waals surface area contributed by atoms with E-state index in [-0.39, 0.29) is 11.9 Å². The average molecular weight is 292 g/mol. The van der Waals surface area contributed by atoms with Gasteiger partial charge in [-0.1, -0.05) is 6.07 Å². The third kappa shape index (κ3) is 3.95. The molecule has 0 radical (unpaired) electrons. The van der Waals surface area contributed by atoms with Crippen molar-refractivity contribution in [1.82, 2.24) is 4.90 Å². The minimum atomic E-state index is -0.0792. The number of nitrogens with two attached hydrogens (primary N) is 1. The fraction of sp³-hybridized carbons (Fsp3) is 0.562. The van der Waals surface area contributed by atoms with Crippen molar-refractivity contribution in [3.05, 3.63) is 29.3 Å². The van der Waals surface area contributed by atoms with Gasteiger partial charge in [0.1, 0.15) is 5.75 Å². The van der Waals surface area contributed by atoms with Gasteiger partial charge in [-0.2, -0.15) is 0 Å². The molecular weight excluding hydrogens is 268 g/mol. The van der Waals surface area contributed by atoms with E-state index in [0.717, 1.165) is 43.8 Å². The Labute approximate surface area is 126 Å². The lowest BCUT2D eigenvalue weighted by Crippen LogP contribution is -2.36. The molecule has 0 aliphatic carbocycles. The van der Waals surface area contributed by atoms with E-state index in [1.54, 1.807) is 7.11 Å². The van der Waals surface area contributed by atoms with Crippen LogP contribution in [0, 0.1) is 5.92 Å². The van der Waals surface area contributed by atoms with Crippen molar-refractivity contribution >= 4 is 5.97 Å². The van der Waals surface area contributed by atoms with E-state index >= 15 is 0 Å². The summed E-state index contributed by atoms with van der Waals surface area (Å²) in [6.07, 6.45) is 1.74. The SMILES string of the molecule is COC(=O)C1CCN(Cc2ccc(OC)c(CN)c2)CC1. The Bertz CT molecular complexity index is 482. The van der Waals surface area contributed by atoms with Crippen LogP contribution in [0.3, 0.4) is 0 Å². The van der Waals surface area contributed by atoms with Gasteiger partial charge >= 0.3 is 5.97 Å². The zero-order valence-corrected chi connectivity index (χ0v) is 12.8. The van der Waals surface area contributed by atoms with E-state index < -0.39 is 0 Å². The van der Waals surface area contributed by atoms with Gasteiger partial charge in [-0.25, -0.2) is 0 Å². The molecule has 1 aliphatic rings. The number of methoxy groups -OCH3 is 2. The van der Waals surface area contributed by atoms with Crippen LogP contribution in [0.5, 0.6) is 5.75 Å². The van der Waals surface area contributed by atoms with Crippen molar-refractivity contribution in [2.24, 2.45) is 11.7 Å². The highest BCUT2D eigenvalue weighted by Gasteiger charge is 2.25. The van der Waals surface area contributed by atoms with Crippen molar-refractivity contribution in [3.8, 4) is 5.75 Å². The van der Waals surface area contributed by atoms with Crippen molar-refractivity contribution in [3.63, 3.8) is 0 Å². The van der Waals surface area contributed by atoms with E-state index in [4.69, 9.17) is 15.2 Å². The number of hydrogen-bond donors (Lipinski definition) is 1. The third-order valence-electron chi connectivity index (χ3n) is 4.09. The van der Waals surface area contributed by atoms with E-state index in [9.17, 15) is 4.79 Å². The average Bonchev–Trinajstić information content (AvgIpc) is 2.54. The summed E-state index contributed by atoms with van der Waals surface area (Å²) in [5.74, 6) is 0.817. The summed E-state index contributed by atoms with van der Waals surface area (Å²) in [5, 5.41) is 0. The predicted octanol–water partition coefficient (Wildman–Crippen LogP) is 1.54. The van der Waals surface area contributed by atoms with Gasteiger partial charge in [0.15, 0.2) is 0 Å². The number of piperidine rings is 1. The predicted molar refractivity (Wildman–Crippen MR) is 80.9 cm³/mol. The molecular formula is C16H24N2O3. The molecule has 1 heterocycles. The van der Waals surface area contributed by atoms with Crippen LogP contribution in [0.2, 0.25) is 0 Å². The van der Waals surface area contributed by atoms with Crippen LogP contribution >= 0.6 is 0 Å². The normalized spacial score (nSPS) is 16.7. The van der Waals surface area contributed by atoms with Crippen LogP contribution in [-0.2, 0) is 22.6 Å². The molecule has 0 amide bonds. The second-order valence-corrected chi connectivity index (χ2v) is 5.42. The maximum absolute atomic E-state index is 11.5. The van der Waals surface area contributed by atoms with Gasteiger partial charge in [0, 0.05) is 18.7 Å². The van der Waals surface area contributed by atoms with Crippen molar-refractivity contribution in [2.75, 3.05) is 27.3 Å². The Kier molecular flexibility index (Phi) is 5.59. The smallest absolute Gasteiger partial charge is 0.308 e. The Morgan fingerprint density at radius 2 is 2.05 bits per heavy atom. The van der Waals surface area contributed by atoms with E-state index in [1.165, 1.54) is 12.7 Å². The van der Waals surface area contributed by atoms with Gasteiger partial charge in [0.25, 0.3) is 0 Å². The largest absolute Gasteiger partial charge is 0.496 e. The Balaban J connectivity index is 1.93. The number of hydrogen-bond acceptors (Lipinski definition) is 5. The van der Waals surface area contributed by atoms with Crippen LogP contribution in [0.4, 0.5) is 0 Å². The Morgan fingerprint density at radius 1 is 1.33 bits per heavy atom. The minimum Gasteiger partial charge on any atom is -0.496 e. The van der Waals surface area contributed by atoms with Crippen LogP contribution in [0.1, 0.15) is 24.0 Å². The molecule has 0 bridgehead atoms. The quantitative estimate of drug-likeness (QED) is 0.834. The van der Waals surface area contributed by atoms with E-state index in [1.807, 2.05) is 6.07 Å². The van der Waals surface area contributed by atoms with Gasteiger partial charge in [-0.3, -0.25) is 9.69 Å². The summed E-state index contributed by atoms with van der Waals surface area (Å²) in [5.41, 5.74) is 8.01.